The van der Waals surface area contributed by atoms with E-state index in [2.05, 4.69) is 5.32 Å². The van der Waals surface area contributed by atoms with Gasteiger partial charge >= 0.3 is 16.2 Å². The first-order valence-electron chi connectivity index (χ1n) is 10.2. The van der Waals surface area contributed by atoms with Crippen molar-refractivity contribution >= 4 is 39.5 Å². The van der Waals surface area contributed by atoms with Crippen LogP contribution in [0.3, 0.4) is 0 Å². The van der Waals surface area contributed by atoms with Gasteiger partial charge in [-0.3, -0.25) is 25.0 Å². The summed E-state index contributed by atoms with van der Waals surface area (Å²) >= 11 is 1.29. The van der Waals surface area contributed by atoms with Crippen molar-refractivity contribution in [3.63, 3.8) is 0 Å². The summed E-state index contributed by atoms with van der Waals surface area (Å²) in [5, 5.41) is 23.8. The fraction of sp³-hybridized carbons (Fsp3) is 0.300. The number of nitrogens with zero attached hydrogens (tertiary/aromatic N) is 2. The van der Waals surface area contributed by atoms with Crippen LogP contribution < -0.4 is 19.5 Å². The quantitative estimate of drug-likeness (QED) is 0.296. The number of benzene rings is 2. The van der Waals surface area contributed by atoms with Crippen LogP contribution in [0.4, 0.5) is 5.69 Å². The van der Waals surface area contributed by atoms with Crippen molar-refractivity contribution < 1.29 is 37.5 Å². The van der Waals surface area contributed by atoms with Gasteiger partial charge in [0.2, 0.25) is 6.79 Å². The van der Waals surface area contributed by atoms with Crippen molar-refractivity contribution in [2.45, 2.75) is 24.5 Å². The van der Waals surface area contributed by atoms with Crippen LogP contribution in [0, 0.1) is 10.1 Å². The first-order chi connectivity index (χ1) is 16.7. The zero-order valence-corrected chi connectivity index (χ0v) is 19.6. The highest BCUT2D eigenvalue weighted by molar-refractivity contribution is 7.98. The zero-order valence-electron chi connectivity index (χ0n) is 17.9. The molecule has 0 spiro atoms. The van der Waals surface area contributed by atoms with Gasteiger partial charge in [0.1, 0.15) is 6.04 Å². The van der Waals surface area contributed by atoms with Crippen LogP contribution >= 0.6 is 11.8 Å². The van der Waals surface area contributed by atoms with Gasteiger partial charge < -0.3 is 14.6 Å². The highest BCUT2D eigenvalue weighted by Crippen LogP contribution is 2.39. The summed E-state index contributed by atoms with van der Waals surface area (Å²) < 4.78 is 38.1. The first kappa shape index (κ1) is 24.7. The van der Waals surface area contributed by atoms with Gasteiger partial charge in [0.15, 0.2) is 17.7 Å². The molecule has 35 heavy (non-hydrogen) atoms. The van der Waals surface area contributed by atoms with Gasteiger partial charge in [0, 0.05) is 23.6 Å². The van der Waals surface area contributed by atoms with E-state index in [0.29, 0.717) is 10.1 Å². The lowest BCUT2D eigenvalue weighted by molar-refractivity contribution is -0.385. The molecule has 2 aromatic carbocycles. The Bertz CT molecular complexity index is 1260. The molecule has 0 unspecified atom stereocenters. The van der Waals surface area contributed by atoms with E-state index in [9.17, 15) is 33.2 Å². The summed E-state index contributed by atoms with van der Waals surface area (Å²) in [6.07, 6.45) is -1.59. The van der Waals surface area contributed by atoms with Crippen LogP contribution in [0.2, 0.25) is 0 Å². The lowest BCUT2D eigenvalue weighted by Crippen LogP contribution is -2.53. The second-order valence-corrected chi connectivity index (χ2v) is 10.2. The molecule has 13 nitrogen and oxygen atoms in total. The molecule has 0 bridgehead atoms. The normalized spacial score (nSPS) is 19.3. The fourth-order valence-electron chi connectivity index (χ4n) is 3.53. The smallest absolute Gasteiger partial charge is 0.321 e. The van der Waals surface area contributed by atoms with Crippen LogP contribution in [0.5, 0.6) is 11.5 Å². The number of hydrogen-bond donors (Lipinski definition) is 3. The van der Waals surface area contributed by atoms with Crippen molar-refractivity contribution in [2.75, 3.05) is 12.5 Å². The van der Waals surface area contributed by atoms with E-state index in [-0.39, 0.29) is 29.6 Å². The molecular formula is C20H20N4O9S2. The third-order valence-corrected chi connectivity index (χ3v) is 7.75. The lowest BCUT2D eigenvalue weighted by atomic mass is 10.1. The molecule has 1 amide bonds. The van der Waals surface area contributed by atoms with Gasteiger partial charge in [-0.15, -0.1) is 0 Å². The van der Waals surface area contributed by atoms with E-state index in [0.717, 1.165) is 11.6 Å². The standard InChI is InChI=1S/C20H20N4O9S2/c25-19-18(21-14(20(26)27)10-34-9-12-4-2-1-3-5-12)23(35(30,31)22-19)8-13-6-16-17(33-11-32-16)7-15(13)24(28)29/h1-7,14,18,21H,8-11H2,(H,22,25)(H,26,27)/t14-,18+/m0/s1. The molecule has 4 rings (SSSR count). The van der Waals surface area contributed by atoms with Crippen molar-refractivity contribution in [1.29, 1.82) is 0 Å². The molecule has 2 aromatic rings. The van der Waals surface area contributed by atoms with Crippen molar-refractivity contribution in [3.05, 3.63) is 63.7 Å². The minimum absolute atomic E-state index is 0.0338. The van der Waals surface area contributed by atoms with E-state index < -0.39 is 51.4 Å². The molecule has 1 fully saturated rings. The maximum atomic E-state index is 12.6. The van der Waals surface area contributed by atoms with Gasteiger partial charge in [0.25, 0.3) is 11.6 Å². The molecule has 1 saturated heterocycles. The van der Waals surface area contributed by atoms with Gasteiger partial charge in [0.05, 0.1) is 11.0 Å². The molecule has 0 radical (unpaired) electrons. The number of thioether (sulfide) groups is 1. The average molecular weight is 525 g/mol. The maximum Gasteiger partial charge on any atom is 0.321 e. The molecule has 2 aliphatic rings. The predicted octanol–water partition coefficient (Wildman–Crippen LogP) is 0.802. The summed E-state index contributed by atoms with van der Waals surface area (Å²) in [5.41, 5.74) is 0.478. The summed E-state index contributed by atoms with van der Waals surface area (Å²) in [4.78, 5) is 35.2. The molecule has 0 saturated carbocycles. The third kappa shape index (κ3) is 5.48. The number of nitrogens with one attached hydrogen (secondary N) is 2. The van der Waals surface area contributed by atoms with E-state index >= 15 is 0 Å². The number of hydrogen-bond acceptors (Lipinski definition) is 10. The Morgan fingerprint density at radius 3 is 2.63 bits per heavy atom. The fourth-order valence-corrected chi connectivity index (χ4v) is 5.78. The molecule has 186 valence electrons. The third-order valence-electron chi connectivity index (χ3n) is 5.22. The monoisotopic (exact) mass is 524 g/mol. The maximum absolute atomic E-state index is 12.6. The minimum Gasteiger partial charge on any atom is -0.480 e. The van der Waals surface area contributed by atoms with Crippen molar-refractivity contribution in [3.8, 4) is 11.5 Å². The van der Waals surface area contributed by atoms with Crippen LogP contribution in [0.15, 0.2) is 42.5 Å². The van der Waals surface area contributed by atoms with Gasteiger partial charge in [-0.2, -0.15) is 24.5 Å². The number of fused-ring (bicyclic) bond motifs is 1. The number of ether oxygens (including phenoxy) is 2. The highest BCUT2D eigenvalue weighted by Gasteiger charge is 2.46. The number of rotatable bonds is 10. The Morgan fingerprint density at radius 1 is 1.29 bits per heavy atom. The zero-order chi connectivity index (χ0) is 25.2. The summed E-state index contributed by atoms with van der Waals surface area (Å²) in [6.45, 7) is -0.738. The number of nitro groups is 1. The molecule has 2 atom stereocenters. The Kier molecular flexibility index (Phi) is 7.11. The predicted molar refractivity (Wildman–Crippen MR) is 123 cm³/mol. The number of carbonyl (C=O) groups excluding carboxylic acids is 1. The molecule has 2 heterocycles. The summed E-state index contributed by atoms with van der Waals surface area (Å²) in [7, 11) is -4.40. The average Bonchev–Trinajstić information content (AvgIpc) is 3.34. The second kappa shape index (κ2) is 10.1. The molecule has 0 aliphatic carbocycles. The van der Waals surface area contributed by atoms with E-state index in [1.54, 1.807) is 0 Å². The topological polar surface area (TPSA) is 177 Å². The van der Waals surface area contributed by atoms with Gasteiger partial charge in [-0.25, -0.2) is 4.72 Å². The molecule has 3 N–H and O–H groups in total. The van der Waals surface area contributed by atoms with Crippen LogP contribution in [-0.4, -0.2) is 59.4 Å². The van der Waals surface area contributed by atoms with Crippen LogP contribution in [0.1, 0.15) is 11.1 Å². The summed E-state index contributed by atoms with van der Waals surface area (Å²) in [6, 6.07) is 10.4. The second-order valence-electron chi connectivity index (χ2n) is 7.57. The number of amides is 1. The lowest BCUT2D eigenvalue weighted by Gasteiger charge is -2.24. The van der Waals surface area contributed by atoms with E-state index in [1.165, 1.54) is 17.8 Å². The first-order valence-corrected chi connectivity index (χ1v) is 12.8. The Morgan fingerprint density at radius 2 is 1.97 bits per heavy atom. The number of nitro benzene ring substituents is 1. The number of carboxylic acid groups (broad SMARTS) is 1. The summed E-state index contributed by atoms with van der Waals surface area (Å²) in [5.74, 6) is -1.41. The van der Waals surface area contributed by atoms with E-state index in [4.69, 9.17) is 9.47 Å². The largest absolute Gasteiger partial charge is 0.480 e. The number of carboxylic acids is 1. The number of aliphatic carboxylic acids is 1. The molecule has 2 aliphatic heterocycles. The SMILES string of the molecule is O=C(O)[C@H](CSCc1ccccc1)N[C@H]1C(=O)NS(=O)(=O)N1Cc1cc2c(cc1[N+](=O)[O-])OCO2. The Hall–Kier alpha value is -3.40. The molecule has 0 aromatic heterocycles. The van der Waals surface area contributed by atoms with Crippen molar-refractivity contribution in [2.24, 2.45) is 0 Å². The van der Waals surface area contributed by atoms with Crippen LogP contribution in [-0.2, 0) is 32.1 Å². The van der Waals surface area contributed by atoms with Gasteiger partial charge in [-0.1, -0.05) is 30.3 Å². The highest BCUT2D eigenvalue weighted by atomic mass is 32.2. The Labute approximate surface area is 203 Å². The molecular weight excluding hydrogens is 504 g/mol. The van der Waals surface area contributed by atoms with Crippen molar-refractivity contribution in [1.82, 2.24) is 14.3 Å². The van der Waals surface area contributed by atoms with Crippen LogP contribution in [0.25, 0.3) is 0 Å². The minimum atomic E-state index is -4.40. The molecule has 15 heteroatoms. The number of carbonyl (C=O) groups is 2. The van der Waals surface area contributed by atoms with E-state index in [1.807, 2.05) is 35.1 Å². The van der Waals surface area contributed by atoms with Gasteiger partial charge in [-0.05, 0) is 11.6 Å². The Balaban J connectivity index is 1.54.